The highest BCUT2D eigenvalue weighted by atomic mass is 19.4. The Labute approximate surface area is 139 Å². The molecule has 7 nitrogen and oxygen atoms in total. The molecule has 1 aliphatic heterocycles. The van der Waals surface area contributed by atoms with Crippen LogP contribution in [-0.2, 0) is 11.0 Å². The molecule has 0 bridgehead atoms. The van der Waals surface area contributed by atoms with Crippen molar-refractivity contribution in [2.45, 2.75) is 19.0 Å². The van der Waals surface area contributed by atoms with Crippen LogP contribution in [0.4, 0.5) is 23.7 Å². The monoisotopic (exact) mass is 357 g/mol. The minimum absolute atomic E-state index is 0.0188. The number of fused-ring (bicyclic) bond motifs is 1. The van der Waals surface area contributed by atoms with E-state index in [9.17, 15) is 22.8 Å². The predicted molar refractivity (Wildman–Crippen MR) is 80.0 cm³/mol. The molecular weight excluding hydrogens is 343 g/mol. The number of hydrogen-bond acceptors (Lipinski definition) is 4. The number of nitrogens with zero attached hydrogens (tertiary/aromatic N) is 2. The maximum absolute atomic E-state index is 12.6. The Kier molecular flexibility index (Phi) is 4.27. The van der Waals surface area contributed by atoms with E-state index in [1.165, 1.54) is 23.1 Å². The molecule has 1 saturated heterocycles. The zero-order chi connectivity index (χ0) is 18.2. The quantitative estimate of drug-likeness (QED) is 0.861. The molecule has 1 fully saturated rings. The van der Waals surface area contributed by atoms with Gasteiger partial charge < -0.3 is 19.7 Å². The summed E-state index contributed by atoms with van der Waals surface area (Å²) >= 11 is 0. The Hall–Kier alpha value is -2.78. The summed E-state index contributed by atoms with van der Waals surface area (Å²) in [6.45, 7) is 0.598. The van der Waals surface area contributed by atoms with Gasteiger partial charge in [0.25, 0.3) is 0 Å². The second-order valence-corrected chi connectivity index (χ2v) is 5.73. The third kappa shape index (κ3) is 3.67. The van der Waals surface area contributed by atoms with Gasteiger partial charge >= 0.3 is 24.1 Å². The van der Waals surface area contributed by atoms with Gasteiger partial charge in [-0.3, -0.25) is 4.79 Å². The number of nitrogens with one attached hydrogen (secondary N) is 1. The maximum atomic E-state index is 12.6. The largest absolute Gasteiger partial charge is 0.481 e. The molecule has 2 aromatic rings. The van der Waals surface area contributed by atoms with Crippen molar-refractivity contribution in [3.8, 4) is 0 Å². The van der Waals surface area contributed by atoms with Crippen LogP contribution in [0, 0.1) is 5.92 Å². The summed E-state index contributed by atoms with van der Waals surface area (Å²) in [4.78, 5) is 27.9. The SMILES string of the molecule is O=C(O)C1CCN(C(=O)Nc2ccc3oc(C(F)(F)F)nc3c2)CC1. The van der Waals surface area contributed by atoms with E-state index >= 15 is 0 Å². The van der Waals surface area contributed by atoms with E-state index in [2.05, 4.69) is 14.7 Å². The number of alkyl halides is 3. The standard InChI is InChI=1S/C15H14F3N3O4/c16-15(17,18)13-20-10-7-9(1-2-11(10)25-13)19-14(24)21-5-3-8(4-6-21)12(22)23/h1-2,7-8H,3-6H2,(H,19,24)(H,22,23). The Balaban J connectivity index is 1.68. The number of aliphatic carboxylic acids is 1. The number of rotatable bonds is 2. The van der Waals surface area contributed by atoms with Crippen LogP contribution in [0.5, 0.6) is 0 Å². The van der Waals surface area contributed by atoms with Crippen LogP contribution in [0.2, 0.25) is 0 Å². The van der Waals surface area contributed by atoms with Crippen molar-refractivity contribution in [3.05, 3.63) is 24.1 Å². The van der Waals surface area contributed by atoms with Crippen LogP contribution >= 0.6 is 0 Å². The molecule has 0 spiro atoms. The number of halogens is 3. The molecule has 2 N–H and O–H groups in total. The molecule has 0 radical (unpaired) electrons. The molecule has 0 aliphatic carbocycles. The van der Waals surface area contributed by atoms with Crippen LogP contribution < -0.4 is 5.32 Å². The van der Waals surface area contributed by atoms with Crippen LogP contribution in [0.15, 0.2) is 22.6 Å². The summed E-state index contributed by atoms with van der Waals surface area (Å²) in [6, 6.07) is 3.55. The third-order valence-electron chi connectivity index (χ3n) is 4.01. The number of oxazole rings is 1. The van der Waals surface area contributed by atoms with Gasteiger partial charge in [0, 0.05) is 18.8 Å². The second-order valence-electron chi connectivity index (χ2n) is 5.73. The summed E-state index contributed by atoms with van der Waals surface area (Å²) in [7, 11) is 0. The lowest BCUT2D eigenvalue weighted by Crippen LogP contribution is -2.42. The Morgan fingerprint density at radius 3 is 2.56 bits per heavy atom. The average molecular weight is 357 g/mol. The molecule has 134 valence electrons. The minimum Gasteiger partial charge on any atom is -0.481 e. The van der Waals surface area contributed by atoms with E-state index < -0.39 is 30.0 Å². The van der Waals surface area contributed by atoms with Gasteiger partial charge in [0.1, 0.15) is 5.52 Å². The lowest BCUT2D eigenvalue weighted by Gasteiger charge is -2.30. The number of carboxylic acids is 1. The number of piperidine rings is 1. The normalized spacial score (nSPS) is 16.2. The Morgan fingerprint density at radius 2 is 1.96 bits per heavy atom. The number of benzene rings is 1. The summed E-state index contributed by atoms with van der Waals surface area (Å²) in [5.74, 6) is -2.69. The van der Waals surface area contributed by atoms with Crippen LogP contribution in [0.3, 0.4) is 0 Å². The number of amides is 2. The number of carboxylic acid groups (broad SMARTS) is 1. The highest BCUT2D eigenvalue weighted by molar-refractivity contribution is 5.91. The zero-order valence-corrected chi connectivity index (χ0v) is 12.8. The van der Waals surface area contributed by atoms with E-state index in [1.807, 2.05) is 0 Å². The highest BCUT2D eigenvalue weighted by Gasteiger charge is 2.37. The fourth-order valence-corrected chi connectivity index (χ4v) is 2.66. The maximum Gasteiger partial charge on any atom is 0.468 e. The van der Waals surface area contributed by atoms with Gasteiger partial charge in [-0.15, -0.1) is 0 Å². The van der Waals surface area contributed by atoms with E-state index in [0.29, 0.717) is 25.9 Å². The molecular formula is C15H14F3N3O4. The summed E-state index contributed by atoms with van der Waals surface area (Å²) < 4.78 is 42.4. The molecule has 2 amide bonds. The lowest BCUT2D eigenvalue weighted by molar-refractivity contribution is -0.156. The first-order valence-corrected chi connectivity index (χ1v) is 7.50. The van der Waals surface area contributed by atoms with Crippen molar-refractivity contribution in [1.82, 2.24) is 9.88 Å². The number of hydrogen-bond donors (Lipinski definition) is 2. The summed E-state index contributed by atoms with van der Waals surface area (Å²) in [6.07, 6.45) is -3.96. The summed E-state index contributed by atoms with van der Waals surface area (Å²) in [5.41, 5.74) is 0.224. The van der Waals surface area contributed by atoms with Crippen molar-refractivity contribution in [3.63, 3.8) is 0 Å². The topological polar surface area (TPSA) is 95.7 Å². The first-order chi connectivity index (χ1) is 11.7. The van der Waals surface area contributed by atoms with Gasteiger partial charge in [0.15, 0.2) is 5.58 Å². The number of aromatic nitrogens is 1. The smallest absolute Gasteiger partial charge is 0.468 e. The van der Waals surface area contributed by atoms with E-state index in [-0.39, 0.29) is 16.8 Å². The molecule has 25 heavy (non-hydrogen) atoms. The predicted octanol–water partition coefficient (Wildman–Crippen LogP) is 3.18. The second kappa shape index (κ2) is 6.26. The number of likely N-dealkylation sites (tertiary alicyclic amines) is 1. The lowest BCUT2D eigenvalue weighted by atomic mass is 9.97. The molecule has 0 unspecified atom stereocenters. The van der Waals surface area contributed by atoms with Crippen molar-refractivity contribution in [2.24, 2.45) is 5.92 Å². The first-order valence-electron chi connectivity index (χ1n) is 7.50. The third-order valence-corrected chi connectivity index (χ3v) is 4.01. The van der Waals surface area contributed by atoms with Gasteiger partial charge in [-0.2, -0.15) is 13.2 Å². The molecule has 1 aromatic heterocycles. The Morgan fingerprint density at radius 1 is 1.28 bits per heavy atom. The number of carbonyl (C=O) groups excluding carboxylic acids is 1. The van der Waals surface area contributed by atoms with Gasteiger partial charge in [0.05, 0.1) is 5.92 Å². The van der Waals surface area contributed by atoms with E-state index in [1.54, 1.807) is 0 Å². The molecule has 3 rings (SSSR count). The average Bonchev–Trinajstić information content (AvgIpc) is 2.98. The molecule has 1 aliphatic rings. The first kappa shape index (κ1) is 17.1. The van der Waals surface area contributed by atoms with E-state index in [4.69, 9.17) is 5.11 Å². The highest BCUT2D eigenvalue weighted by Crippen LogP contribution is 2.32. The molecule has 0 atom stereocenters. The number of carbonyl (C=O) groups is 2. The Bertz CT molecular complexity index is 810. The minimum atomic E-state index is -4.68. The van der Waals surface area contributed by atoms with Gasteiger partial charge in [-0.25, -0.2) is 9.78 Å². The number of anilines is 1. The molecule has 2 heterocycles. The van der Waals surface area contributed by atoms with Crippen molar-refractivity contribution >= 4 is 28.8 Å². The molecule has 0 saturated carbocycles. The van der Waals surface area contributed by atoms with Crippen LogP contribution in [0.25, 0.3) is 11.1 Å². The zero-order valence-electron chi connectivity index (χ0n) is 12.8. The fourth-order valence-electron chi connectivity index (χ4n) is 2.66. The fraction of sp³-hybridized carbons (Fsp3) is 0.400. The van der Waals surface area contributed by atoms with Crippen molar-refractivity contribution in [1.29, 1.82) is 0 Å². The summed E-state index contributed by atoms with van der Waals surface area (Å²) in [5, 5.41) is 11.5. The van der Waals surface area contributed by atoms with Crippen molar-refractivity contribution in [2.75, 3.05) is 18.4 Å². The molecule has 1 aromatic carbocycles. The van der Waals surface area contributed by atoms with Gasteiger partial charge in [-0.05, 0) is 31.0 Å². The number of urea groups is 1. The van der Waals surface area contributed by atoms with Gasteiger partial charge in [-0.1, -0.05) is 0 Å². The van der Waals surface area contributed by atoms with Crippen molar-refractivity contribution < 1.29 is 32.3 Å². The van der Waals surface area contributed by atoms with Crippen LogP contribution in [-0.4, -0.2) is 40.1 Å². The van der Waals surface area contributed by atoms with Gasteiger partial charge in [0.2, 0.25) is 0 Å². The van der Waals surface area contributed by atoms with Crippen LogP contribution in [0.1, 0.15) is 18.7 Å². The van der Waals surface area contributed by atoms with E-state index in [0.717, 1.165) is 0 Å². The molecule has 10 heteroatoms.